The van der Waals surface area contributed by atoms with Crippen LogP contribution >= 0.6 is 46.4 Å². The van der Waals surface area contributed by atoms with Gasteiger partial charge in [0.05, 0.1) is 0 Å². The van der Waals surface area contributed by atoms with E-state index in [9.17, 15) is 0 Å². The Morgan fingerprint density at radius 2 is 1.00 bits per heavy atom. The van der Waals surface area contributed by atoms with E-state index >= 15 is 0 Å². The molecule has 0 saturated heterocycles. The van der Waals surface area contributed by atoms with Gasteiger partial charge >= 0.3 is 0 Å². The highest BCUT2D eigenvalue weighted by Gasteiger charge is 1.93. The van der Waals surface area contributed by atoms with E-state index in [0.29, 0.717) is 0 Å². The zero-order valence-electron chi connectivity index (χ0n) is 9.36. The zero-order valence-corrected chi connectivity index (χ0v) is 12.6. The summed E-state index contributed by atoms with van der Waals surface area (Å²) in [5.41, 5.74) is 0. The van der Waals surface area contributed by atoms with E-state index in [2.05, 4.69) is 38.0 Å². The van der Waals surface area contributed by atoms with E-state index in [4.69, 9.17) is 0 Å². The van der Waals surface area contributed by atoms with E-state index in [-0.39, 0.29) is 24.8 Å². The Hall–Kier alpha value is 1.20. The van der Waals surface area contributed by atoms with E-state index in [1.165, 1.54) is 24.6 Å². The molecule has 0 N–H and O–H groups in total. The molecule has 0 aliphatic rings. The van der Waals surface area contributed by atoms with Gasteiger partial charge in [-0.1, -0.05) is 21.6 Å². The Balaban J connectivity index is -0.000000605. The van der Waals surface area contributed by atoms with Crippen molar-refractivity contribution >= 4 is 46.4 Å². The van der Waals surface area contributed by atoms with Gasteiger partial charge in [-0.2, -0.15) is 0 Å². The summed E-state index contributed by atoms with van der Waals surface area (Å²) in [7, 11) is 12.4. The first-order valence-corrected chi connectivity index (χ1v) is 6.65. The summed E-state index contributed by atoms with van der Waals surface area (Å²) < 4.78 is 0. The molecular weight excluding hydrogens is 259 g/mol. The van der Waals surface area contributed by atoms with Gasteiger partial charge in [-0.3, -0.25) is 0 Å². The lowest BCUT2D eigenvalue weighted by atomic mass is 10.7. The van der Waals surface area contributed by atoms with Gasteiger partial charge in [0.1, 0.15) is 0 Å². The third-order valence-electron chi connectivity index (χ3n) is 1.33. The maximum Gasteiger partial charge on any atom is 0.0165 e. The lowest BCUT2D eigenvalue weighted by molar-refractivity contribution is 0.437. The molecular formula is C8H22Cl2N2S2. The van der Waals surface area contributed by atoms with Crippen molar-refractivity contribution in [2.75, 3.05) is 52.8 Å². The van der Waals surface area contributed by atoms with E-state index in [0.717, 1.165) is 0 Å². The molecule has 0 rings (SSSR count). The van der Waals surface area contributed by atoms with Crippen molar-refractivity contribution in [1.29, 1.82) is 0 Å². The lowest BCUT2D eigenvalue weighted by Gasteiger charge is -2.10. The van der Waals surface area contributed by atoms with Gasteiger partial charge < -0.3 is 9.80 Å². The van der Waals surface area contributed by atoms with Crippen molar-refractivity contribution in [1.82, 2.24) is 9.80 Å². The number of hydrogen-bond donors (Lipinski definition) is 0. The normalized spacial score (nSPS) is 9.86. The first-order valence-electron chi connectivity index (χ1n) is 4.17. The van der Waals surface area contributed by atoms with Crippen LogP contribution in [-0.4, -0.2) is 62.6 Å². The Morgan fingerprint density at radius 3 is 1.21 bits per heavy atom. The second kappa shape index (κ2) is 14.2. The minimum atomic E-state index is 0. The molecule has 0 heterocycles. The van der Waals surface area contributed by atoms with Crippen LogP contribution < -0.4 is 0 Å². The van der Waals surface area contributed by atoms with Crippen LogP contribution in [0, 0.1) is 0 Å². The third-order valence-corrected chi connectivity index (χ3v) is 3.69. The number of hydrogen-bond acceptors (Lipinski definition) is 4. The summed E-state index contributed by atoms with van der Waals surface area (Å²) in [6.45, 7) is 2.36. The van der Waals surface area contributed by atoms with Gasteiger partial charge in [-0.15, -0.1) is 24.8 Å². The van der Waals surface area contributed by atoms with Crippen molar-refractivity contribution in [3.63, 3.8) is 0 Å². The highest BCUT2D eigenvalue weighted by atomic mass is 35.5. The number of rotatable bonds is 7. The quantitative estimate of drug-likeness (QED) is 0.522. The van der Waals surface area contributed by atoms with Gasteiger partial charge in [-0.05, 0) is 28.2 Å². The monoisotopic (exact) mass is 280 g/mol. The number of halogens is 2. The van der Waals surface area contributed by atoms with Crippen LogP contribution in [0.5, 0.6) is 0 Å². The molecule has 0 fully saturated rings. The maximum absolute atomic E-state index is 2.22. The zero-order chi connectivity index (χ0) is 9.40. The average molecular weight is 281 g/mol. The molecule has 2 nitrogen and oxygen atoms in total. The molecule has 0 saturated carbocycles. The first kappa shape index (κ1) is 20.6. The topological polar surface area (TPSA) is 6.48 Å². The van der Waals surface area contributed by atoms with Crippen LogP contribution in [0.3, 0.4) is 0 Å². The molecule has 0 atom stereocenters. The summed E-state index contributed by atoms with van der Waals surface area (Å²) in [5, 5.41) is 0. The van der Waals surface area contributed by atoms with Crippen LogP contribution in [0.15, 0.2) is 0 Å². The molecule has 6 heteroatoms. The Bertz CT molecular complexity index is 93.3. The fourth-order valence-corrected chi connectivity index (χ4v) is 2.83. The van der Waals surface area contributed by atoms with Crippen molar-refractivity contribution in [2.45, 2.75) is 0 Å². The van der Waals surface area contributed by atoms with Crippen LogP contribution in [0.25, 0.3) is 0 Å². The largest absolute Gasteiger partial charge is 0.309 e. The fourth-order valence-electron chi connectivity index (χ4n) is 0.558. The molecule has 0 amide bonds. The molecule has 0 aromatic rings. The molecule has 0 aromatic carbocycles. The molecule has 14 heavy (non-hydrogen) atoms. The van der Waals surface area contributed by atoms with Crippen molar-refractivity contribution in [2.24, 2.45) is 0 Å². The van der Waals surface area contributed by atoms with Crippen LogP contribution in [0.4, 0.5) is 0 Å². The van der Waals surface area contributed by atoms with Gasteiger partial charge in [-0.25, -0.2) is 0 Å². The predicted molar refractivity (Wildman–Crippen MR) is 76.5 cm³/mol. The van der Waals surface area contributed by atoms with Gasteiger partial charge in [0, 0.05) is 24.6 Å². The molecule has 0 spiro atoms. The van der Waals surface area contributed by atoms with Crippen molar-refractivity contribution in [3.05, 3.63) is 0 Å². The average Bonchev–Trinajstić information content (AvgIpc) is 1.95. The molecule has 0 aliphatic carbocycles. The molecule has 0 aromatic heterocycles. The van der Waals surface area contributed by atoms with Gasteiger partial charge in [0.2, 0.25) is 0 Å². The Labute approximate surface area is 109 Å². The summed E-state index contributed by atoms with van der Waals surface area (Å²) in [6.07, 6.45) is 0. The van der Waals surface area contributed by atoms with E-state index < -0.39 is 0 Å². The van der Waals surface area contributed by atoms with Crippen LogP contribution in [0.2, 0.25) is 0 Å². The maximum atomic E-state index is 2.22. The summed E-state index contributed by atoms with van der Waals surface area (Å²) >= 11 is 0. The van der Waals surface area contributed by atoms with E-state index in [1.807, 2.05) is 21.6 Å². The highest BCUT2D eigenvalue weighted by Crippen LogP contribution is 2.20. The third kappa shape index (κ3) is 18.9. The number of nitrogens with zero attached hydrogens (tertiary/aromatic N) is 2. The van der Waals surface area contributed by atoms with Crippen LogP contribution in [-0.2, 0) is 0 Å². The first-order chi connectivity index (χ1) is 5.63. The predicted octanol–water partition coefficient (Wildman–Crippen LogP) is 2.33. The minimum absolute atomic E-state index is 0. The molecule has 0 radical (unpaired) electrons. The molecule has 0 unspecified atom stereocenters. The lowest BCUT2D eigenvalue weighted by Crippen LogP contribution is -2.15. The summed E-state index contributed by atoms with van der Waals surface area (Å²) in [6, 6.07) is 0. The standard InChI is InChI=1S/C8H20N2S2.2ClH/c1-9(2)5-7-11-12-8-6-10(3)4;;/h5-8H2,1-4H3;2*1H. The highest BCUT2D eigenvalue weighted by molar-refractivity contribution is 8.76. The van der Waals surface area contributed by atoms with Gasteiger partial charge in [0.15, 0.2) is 0 Å². The minimum Gasteiger partial charge on any atom is -0.309 e. The second-order valence-corrected chi connectivity index (χ2v) is 5.95. The van der Waals surface area contributed by atoms with Crippen LogP contribution in [0.1, 0.15) is 0 Å². The van der Waals surface area contributed by atoms with E-state index in [1.54, 1.807) is 0 Å². The molecule has 0 bridgehead atoms. The van der Waals surface area contributed by atoms with Gasteiger partial charge in [0.25, 0.3) is 0 Å². The smallest absolute Gasteiger partial charge is 0.0165 e. The SMILES string of the molecule is CN(C)CCSSCCN(C)C.Cl.Cl. The Morgan fingerprint density at radius 1 is 0.714 bits per heavy atom. The summed E-state index contributed by atoms with van der Waals surface area (Å²) in [5.74, 6) is 2.45. The summed E-state index contributed by atoms with van der Waals surface area (Å²) in [4.78, 5) is 4.44. The second-order valence-electron chi connectivity index (χ2n) is 3.25. The fraction of sp³-hybridized carbons (Fsp3) is 1.00. The Kier molecular flexibility index (Phi) is 20.9. The van der Waals surface area contributed by atoms with Crippen molar-refractivity contribution < 1.29 is 0 Å². The van der Waals surface area contributed by atoms with Crippen molar-refractivity contribution in [3.8, 4) is 0 Å². The molecule has 0 aliphatic heterocycles. The molecule has 90 valence electrons.